The summed E-state index contributed by atoms with van der Waals surface area (Å²) >= 11 is 7.09. The number of nitrogens with zero attached hydrogens (tertiary/aromatic N) is 2. The summed E-state index contributed by atoms with van der Waals surface area (Å²) in [5.74, 6) is -0.105. The summed E-state index contributed by atoms with van der Waals surface area (Å²) < 4.78 is 3.83. The largest absolute Gasteiger partial charge is 0.348 e. The molecule has 1 heterocycles. The molecule has 2 aromatic rings. The van der Waals surface area contributed by atoms with Crippen molar-refractivity contribution >= 4 is 29.0 Å². The van der Waals surface area contributed by atoms with Crippen LogP contribution in [0, 0.1) is 0 Å². The SMILES string of the molecule is CCc1nnsc1C(=O)NC(C)Cc1cccc(Cl)c1. The van der Waals surface area contributed by atoms with Gasteiger partial charge in [0.2, 0.25) is 0 Å². The highest BCUT2D eigenvalue weighted by Crippen LogP contribution is 2.14. The molecular formula is C14H16ClN3OS. The predicted molar refractivity (Wildman–Crippen MR) is 81.4 cm³/mol. The molecule has 1 N–H and O–H groups in total. The Morgan fingerprint density at radius 2 is 2.30 bits per heavy atom. The van der Waals surface area contributed by atoms with Gasteiger partial charge >= 0.3 is 0 Å². The molecule has 106 valence electrons. The third-order valence-electron chi connectivity index (χ3n) is 2.91. The van der Waals surface area contributed by atoms with Gasteiger partial charge in [-0.05, 0) is 49.0 Å². The van der Waals surface area contributed by atoms with Gasteiger partial charge in [0, 0.05) is 11.1 Å². The maximum Gasteiger partial charge on any atom is 0.265 e. The van der Waals surface area contributed by atoms with Crippen LogP contribution in [0.15, 0.2) is 24.3 Å². The van der Waals surface area contributed by atoms with Gasteiger partial charge in [-0.15, -0.1) is 5.10 Å². The molecule has 1 unspecified atom stereocenters. The Bertz CT molecular complexity index is 600. The van der Waals surface area contributed by atoms with E-state index >= 15 is 0 Å². The van der Waals surface area contributed by atoms with Gasteiger partial charge in [-0.25, -0.2) is 0 Å². The van der Waals surface area contributed by atoms with E-state index in [9.17, 15) is 4.79 Å². The predicted octanol–water partition coefficient (Wildman–Crippen LogP) is 3.11. The van der Waals surface area contributed by atoms with Crippen LogP contribution in [0.4, 0.5) is 0 Å². The number of aromatic nitrogens is 2. The number of hydrogen-bond donors (Lipinski definition) is 1. The number of halogens is 1. The van der Waals surface area contributed by atoms with Crippen molar-refractivity contribution in [3.8, 4) is 0 Å². The Morgan fingerprint density at radius 1 is 1.50 bits per heavy atom. The Balaban J connectivity index is 1.98. The molecular weight excluding hydrogens is 294 g/mol. The molecule has 1 aromatic carbocycles. The van der Waals surface area contributed by atoms with Gasteiger partial charge < -0.3 is 5.32 Å². The van der Waals surface area contributed by atoms with E-state index in [0.717, 1.165) is 29.2 Å². The summed E-state index contributed by atoms with van der Waals surface area (Å²) in [7, 11) is 0. The van der Waals surface area contributed by atoms with Gasteiger partial charge in [-0.1, -0.05) is 35.1 Å². The average molecular weight is 310 g/mol. The minimum atomic E-state index is -0.105. The lowest BCUT2D eigenvalue weighted by Crippen LogP contribution is -2.34. The second kappa shape index (κ2) is 6.81. The van der Waals surface area contributed by atoms with E-state index in [1.165, 1.54) is 0 Å². The number of amides is 1. The molecule has 1 atom stereocenters. The van der Waals surface area contributed by atoms with Crippen molar-refractivity contribution in [3.63, 3.8) is 0 Å². The van der Waals surface area contributed by atoms with E-state index < -0.39 is 0 Å². The Kier molecular flexibility index (Phi) is 5.09. The van der Waals surface area contributed by atoms with Gasteiger partial charge in [-0.3, -0.25) is 4.79 Å². The van der Waals surface area contributed by atoms with Crippen molar-refractivity contribution in [3.05, 3.63) is 45.4 Å². The molecule has 0 bridgehead atoms. The van der Waals surface area contributed by atoms with Crippen molar-refractivity contribution in [1.29, 1.82) is 0 Å². The van der Waals surface area contributed by atoms with Crippen LogP contribution in [0.25, 0.3) is 0 Å². The molecule has 4 nitrogen and oxygen atoms in total. The van der Waals surface area contributed by atoms with Crippen LogP contribution in [0.5, 0.6) is 0 Å². The zero-order valence-corrected chi connectivity index (χ0v) is 13.0. The van der Waals surface area contributed by atoms with E-state index in [4.69, 9.17) is 11.6 Å². The number of nitrogens with one attached hydrogen (secondary N) is 1. The summed E-state index contributed by atoms with van der Waals surface area (Å²) in [4.78, 5) is 12.7. The molecule has 0 fully saturated rings. The van der Waals surface area contributed by atoms with Crippen molar-refractivity contribution < 1.29 is 4.79 Å². The number of rotatable bonds is 5. The van der Waals surface area contributed by atoms with E-state index in [1.807, 2.05) is 38.1 Å². The van der Waals surface area contributed by atoms with Crippen molar-refractivity contribution in [2.24, 2.45) is 0 Å². The number of aryl methyl sites for hydroxylation is 1. The van der Waals surface area contributed by atoms with E-state index in [0.29, 0.717) is 16.3 Å². The van der Waals surface area contributed by atoms with Crippen LogP contribution in [0.1, 0.15) is 34.8 Å². The summed E-state index contributed by atoms with van der Waals surface area (Å²) in [5.41, 5.74) is 1.85. The van der Waals surface area contributed by atoms with Gasteiger partial charge in [0.05, 0.1) is 5.69 Å². The molecule has 20 heavy (non-hydrogen) atoms. The highest BCUT2D eigenvalue weighted by Gasteiger charge is 2.17. The van der Waals surface area contributed by atoms with Crippen molar-refractivity contribution in [2.75, 3.05) is 0 Å². The third-order valence-corrected chi connectivity index (χ3v) is 3.91. The molecule has 1 aromatic heterocycles. The molecule has 0 spiro atoms. The van der Waals surface area contributed by atoms with Crippen molar-refractivity contribution in [1.82, 2.24) is 14.9 Å². The standard InChI is InChI=1S/C14H16ClN3OS/c1-3-12-13(20-18-17-12)14(19)16-9(2)7-10-5-4-6-11(15)8-10/h4-6,8-9H,3,7H2,1-2H3,(H,16,19). The lowest BCUT2D eigenvalue weighted by atomic mass is 10.1. The zero-order chi connectivity index (χ0) is 14.5. The first kappa shape index (κ1) is 14.9. The topological polar surface area (TPSA) is 54.9 Å². The smallest absolute Gasteiger partial charge is 0.265 e. The van der Waals surface area contributed by atoms with E-state index in [-0.39, 0.29) is 11.9 Å². The molecule has 0 saturated heterocycles. The fourth-order valence-electron chi connectivity index (χ4n) is 1.97. The normalized spacial score (nSPS) is 12.2. The molecule has 1 amide bonds. The van der Waals surface area contributed by atoms with Gasteiger partial charge in [0.15, 0.2) is 0 Å². The summed E-state index contributed by atoms with van der Waals surface area (Å²) in [6.07, 6.45) is 1.45. The fraction of sp³-hybridized carbons (Fsp3) is 0.357. The molecule has 0 aliphatic heterocycles. The van der Waals surface area contributed by atoms with E-state index in [1.54, 1.807) is 0 Å². The molecule has 0 radical (unpaired) electrons. The molecule has 0 aliphatic rings. The lowest BCUT2D eigenvalue weighted by molar-refractivity contribution is 0.0943. The second-order valence-electron chi connectivity index (χ2n) is 4.61. The van der Waals surface area contributed by atoms with Gasteiger partial charge in [0.1, 0.15) is 4.88 Å². The van der Waals surface area contributed by atoms with Gasteiger partial charge in [-0.2, -0.15) is 0 Å². The van der Waals surface area contributed by atoms with Crippen molar-refractivity contribution in [2.45, 2.75) is 32.7 Å². The summed E-state index contributed by atoms with van der Waals surface area (Å²) in [6, 6.07) is 7.68. The first-order valence-corrected chi connectivity index (χ1v) is 7.61. The Morgan fingerprint density at radius 3 is 3.00 bits per heavy atom. The maximum atomic E-state index is 12.1. The highest BCUT2D eigenvalue weighted by atomic mass is 35.5. The summed E-state index contributed by atoms with van der Waals surface area (Å²) in [6.45, 7) is 3.93. The van der Waals surface area contributed by atoms with Crippen LogP contribution >= 0.6 is 23.1 Å². The van der Waals surface area contributed by atoms with Crippen LogP contribution in [-0.2, 0) is 12.8 Å². The first-order valence-electron chi connectivity index (χ1n) is 6.46. The fourth-order valence-corrected chi connectivity index (χ4v) is 2.84. The van der Waals surface area contributed by atoms with Crippen LogP contribution in [-0.4, -0.2) is 21.5 Å². The molecule has 0 aliphatic carbocycles. The monoisotopic (exact) mass is 309 g/mol. The third kappa shape index (κ3) is 3.77. The minimum Gasteiger partial charge on any atom is -0.348 e. The highest BCUT2D eigenvalue weighted by molar-refractivity contribution is 7.08. The number of carbonyl (C=O) groups excluding carboxylic acids is 1. The number of benzene rings is 1. The Labute approximate surface area is 127 Å². The van der Waals surface area contributed by atoms with Crippen LogP contribution in [0.2, 0.25) is 5.02 Å². The van der Waals surface area contributed by atoms with Gasteiger partial charge in [0.25, 0.3) is 5.91 Å². The average Bonchev–Trinajstić information content (AvgIpc) is 2.86. The first-order chi connectivity index (χ1) is 9.60. The van der Waals surface area contributed by atoms with Crippen LogP contribution in [0.3, 0.4) is 0 Å². The van der Waals surface area contributed by atoms with Crippen LogP contribution < -0.4 is 5.32 Å². The maximum absolute atomic E-state index is 12.1. The molecule has 6 heteroatoms. The molecule has 0 saturated carbocycles. The summed E-state index contributed by atoms with van der Waals surface area (Å²) in [5, 5.41) is 7.63. The van der Waals surface area contributed by atoms with E-state index in [2.05, 4.69) is 14.9 Å². The zero-order valence-electron chi connectivity index (χ0n) is 11.4. The lowest BCUT2D eigenvalue weighted by Gasteiger charge is -2.13. The quantitative estimate of drug-likeness (QED) is 0.923. The Hall–Kier alpha value is -1.46. The molecule has 2 rings (SSSR count). The minimum absolute atomic E-state index is 0.0211. The number of hydrogen-bond acceptors (Lipinski definition) is 4. The number of carbonyl (C=O) groups is 1. The second-order valence-corrected chi connectivity index (χ2v) is 5.80.